The van der Waals surface area contributed by atoms with Crippen molar-refractivity contribution in [2.24, 2.45) is 0 Å². The van der Waals surface area contributed by atoms with Crippen molar-refractivity contribution in [3.63, 3.8) is 0 Å². The second-order valence-electron chi connectivity index (χ2n) is 12.3. The van der Waals surface area contributed by atoms with Crippen molar-refractivity contribution in [3.8, 4) is 45.2 Å². The number of thiophene rings is 1. The maximum Gasteiger partial charge on any atom is 0.160 e. The maximum absolute atomic E-state index is 5.56. The summed E-state index contributed by atoms with van der Waals surface area (Å²) in [6.45, 7) is 0. The molecule has 0 aliphatic heterocycles. The van der Waals surface area contributed by atoms with E-state index in [-0.39, 0.29) is 0 Å². The van der Waals surface area contributed by atoms with Crippen molar-refractivity contribution in [2.75, 3.05) is 0 Å². The molecule has 10 rings (SSSR count). The van der Waals surface area contributed by atoms with Gasteiger partial charge in [-0.05, 0) is 45.8 Å². The molecule has 3 nitrogen and oxygen atoms in total. The predicted octanol–water partition coefficient (Wildman–Crippen LogP) is 12.4. The van der Waals surface area contributed by atoms with Crippen LogP contribution in [0.1, 0.15) is 0 Å². The number of fused-ring (bicyclic) bond motifs is 8. The van der Waals surface area contributed by atoms with Gasteiger partial charge in [-0.1, -0.05) is 140 Å². The highest BCUT2D eigenvalue weighted by Gasteiger charge is 2.22. The molecule has 0 spiro atoms. The molecule has 0 saturated carbocycles. The van der Waals surface area contributed by atoms with Gasteiger partial charge in [-0.2, -0.15) is 0 Å². The number of aromatic nitrogens is 3. The van der Waals surface area contributed by atoms with Gasteiger partial charge in [0, 0.05) is 47.8 Å². The molecular weight excluding hydrogens is 615 g/mol. The first-order valence-electron chi connectivity index (χ1n) is 16.5. The number of benzene rings is 7. The summed E-state index contributed by atoms with van der Waals surface area (Å²) in [7, 11) is 0. The minimum atomic E-state index is 0.703. The third kappa shape index (κ3) is 4.53. The van der Waals surface area contributed by atoms with E-state index in [2.05, 4.69) is 140 Å². The van der Waals surface area contributed by atoms with Gasteiger partial charge >= 0.3 is 0 Å². The monoisotopic (exact) mass is 641 g/mol. The molecule has 49 heavy (non-hydrogen) atoms. The van der Waals surface area contributed by atoms with E-state index in [1.807, 2.05) is 35.6 Å². The average Bonchev–Trinajstić information content (AvgIpc) is 3.57. The third-order valence-electron chi connectivity index (χ3n) is 9.46. The Balaban J connectivity index is 1.32. The molecular formula is C45H27N3S. The molecule has 4 heteroatoms. The van der Waals surface area contributed by atoms with Crippen LogP contribution >= 0.6 is 11.3 Å². The van der Waals surface area contributed by atoms with Crippen LogP contribution in [0.4, 0.5) is 0 Å². The highest BCUT2D eigenvalue weighted by molar-refractivity contribution is 7.26. The molecule has 0 unspecified atom stereocenters. The van der Waals surface area contributed by atoms with Crippen molar-refractivity contribution < 1.29 is 0 Å². The molecule has 0 radical (unpaired) electrons. The summed E-state index contributed by atoms with van der Waals surface area (Å²) in [5, 5.41) is 8.42. The largest absolute Gasteiger partial charge is 0.247 e. The standard InChI is InChI=1S/C45H27N3S/c1-3-14-28(15-4-1)38-27-39(48-45(47-38)29-16-5-2-6-17-29)34-23-13-24-37-41(34)44-42(35-22-11-12-25-40(35)49-44)43(46-37)36-26-30-18-7-8-19-31(30)32-20-9-10-21-33(32)36/h1-27H. The Morgan fingerprint density at radius 3 is 1.88 bits per heavy atom. The van der Waals surface area contributed by atoms with Gasteiger partial charge in [0.1, 0.15) is 0 Å². The van der Waals surface area contributed by atoms with Gasteiger partial charge in [0.2, 0.25) is 0 Å². The molecule has 0 amide bonds. The number of hydrogen-bond acceptors (Lipinski definition) is 4. The zero-order valence-electron chi connectivity index (χ0n) is 26.3. The zero-order valence-corrected chi connectivity index (χ0v) is 27.2. The quantitative estimate of drug-likeness (QED) is 0.180. The van der Waals surface area contributed by atoms with Crippen LogP contribution in [0.3, 0.4) is 0 Å². The first-order chi connectivity index (χ1) is 24.3. The van der Waals surface area contributed by atoms with Gasteiger partial charge in [-0.3, -0.25) is 0 Å². The van der Waals surface area contributed by atoms with Crippen LogP contribution in [-0.4, -0.2) is 15.0 Å². The van der Waals surface area contributed by atoms with Crippen molar-refractivity contribution in [1.82, 2.24) is 15.0 Å². The first kappa shape index (κ1) is 27.8. The Morgan fingerprint density at radius 1 is 0.408 bits per heavy atom. The van der Waals surface area contributed by atoms with Crippen LogP contribution in [0.5, 0.6) is 0 Å². The van der Waals surface area contributed by atoms with Gasteiger partial charge < -0.3 is 0 Å². The van der Waals surface area contributed by atoms with Crippen LogP contribution in [0.15, 0.2) is 164 Å². The summed E-state index contributed by atoms with van der Waals surface area (Å²) >= 11 is 1.84. The Kier molecular flexibility index (Phi) is 6.36. The number of nitrogens with zero attached hydrogens (tertiary/aromatic N) is 3. The third-order valence-corrected chi connectivity index (χ3v) is 10.6. The van der Waals surface area contributed by atoms with Crippen molar-refractivity contribution in [3.05, 3.63) is 164 Å². The van der Waals surface area contributed by atoms with E-state index in [4.69, 9.17) is 15.0 Å². The maximum atomic E-state index is 5.56. The Labute approximate surface area is 286 Å². The smallest absolute Gasteiger partial charge is 0.160 e. The number of hydrogen-bond donors (Lipinski definition) is 0. The second kappa shape index (κ2) is 11.2. The number of pyridine rings is 1. The van der Waals surface area contributed by atoms with Crippen molar-refractivity contribution >= 4 is 64.0 Å². The highest BCUT2D eigenvalue weighted by Crippen LogP contribution is 2.47. The molecule has 0 aliphatic rings. The summed E-state index contributed by atoms with van der Waals surface area (Å²) in [4.78, 5) is 15.9. The molecule has 0 bridgehead atoms. The van der Waals surface area contributed by atoms with Gasteiger partial charge in [0.05, 0.1) is 22.6 Å². The van der Waals surface area contributed by atoms with E-state index in [1.54, 1.807) is 0 Å². The summed E-state index contributed by atoms with van der Waals surface area (Å²) in [6.07, 6.45) is 0. The van der Waals surface area contributed by atoms with Gasteiger partial charge in [-0.25, -0.2) is 15.0 Å². The van der Waals surface area contributed by atoms with E-state index < -0.39 is 0 Å². The molecule has 7 aromatic carbocycles. The second-order valence-corrected chi connectivity index (χ2v) is 13.4. The molecule has 3 aromatic heterocycles. The topological polar surface area (TPSA) is 38.7 Å². The minimum absolute atomic E-state index is 0.703. The molecule has 0 saturated heterocycles. The molecule has 0 atom stereocenters. The normalized spacial score (nSPS) is 11.7. The van der Waals surface area contributed by atoms with Crippen LogP contribution in [0.2, 0.25) is 0 Å². The molecule has 3 heterocycles. The van der Waals surface area contributed by atoms with Gasteiger partial charge in [-0.15, -0.1) is 11.3 Å². The van der Waals surface area contributed by atoms with E-state index in [0.717, 1.165) is 50.2 Å². The van der Waals surface area contributed by atoms with Crippen LogP contribution in [-0.2, 0) is 0 Å². The Morgan fingerprint density at radius 2 is 1.06 bits per heavy atom. The fourth-order valence-electron chi connectivity index (χ4n) is 7.22. The lowest BCUT2D eigenvalue weighted by molar-refractivity contribution is 1.18. The van der Waals surface area contributed by atoms with E-state index in [9.17, 15) is 0 Å². The molecule has 10 aromatic rings. The molecule has 228 valence electrons. The fourth-order valence-corrected chi connectivity index (χ4v) is 8.49. The zero-order chi connectivity index (χ0) is 32.3. The Hall–Kier alpha value is -6.23. The molecule has 0 N–H and O–H groups in total. The summed E-state index contributed by atoms with van der Waals surface area (Å²) in [6, 6.07) is 57.6. The fraction of sp³-hybridized carbons (Fsp3) is 0. The van der Waals surface area contributed by atoms with Crippen molar-refractivity contribution in [1.29, 1.82) is 0 Å². The summed E-state index contributed by atoms with van der Waals surface area (Å²) in [5.41, 5.74) is 7.96. The molecule has 0 aliphatic carbocycles. The highest BCUT2D eigenvalue weighted by atomic mass is 32.1. The Bertz CT molecular complexity index is 2820. The predicted molar refractivity (Wildman–Crippen MR) is 207 cm³/mol. The van der Waals surface area contributed by atoms with Crippen molar-refractivity contribution in [2.45, 2.75) is 0 Å². The SMILES string of the molecule is c1ccc(-c2cc(-c3cccc4nc(-c5cc6ccccc6c6ccccc56)c5c6ccccc6sc5c34)nc(-c3ccccc3)n2)cc1. The lowest BCUT2D eigenvalue weighted by Crippen LogP contribution is -1.97. The van der Waals surface area contributed by atoms with Crippen LogP contribution in [0, 0.1) is 0 Å². The van der Waals surface area contributed by atoms with E-state index >= 15 is 0 Å². The van der Waals surface area contributed by atoms with E-state index in [0.29, 0.717) is 5.82 Å². The molecule has 0 fully saturated rings. The number of rotatable bonds is 4. The average molecular weight is 642 g/mol. The lowest BCUT2D eigenvalue weighted by atomic mass is 9.92. The minimum Gasteiger partial charge on any atom is -0.247 e. The van der Waals surface area contributed by atoms with Crippen LogP contribution < -0.4 is 0 Å². The van der Waals surface area contributed by atoms with Gasteiger partial charge in [0.25, 0.3) is 0 Å². The lowest BCUT2D eigenvalue weighted by Gasteiger charge is -2.15. The first-order valence-corrected chi connectivity index (χ1v) is 17.3. The van der Waals surface area contributed by atoms with Crippen LogP contribution in [0.25, 0.3) is 97.8 Å². The van der Waals surface area contributed by atoms with E-state index in [1.165, 1.54) is 41.7 Å². The summed E-state index contributed by atoms with van der Waals surface area (Å²) in [5.74, 6) is 0.703. The van der Waals surface area contributed by atoms with Gasteiger partial charge in [0.15, 0.2) is 5.82 Å². The summed E-state index contributed by atoms with van der Waals surface area (Å²) < 4.78 is 2.46.